The topological polar surface area (TPSA) is 122 Å². The largest absolute Gasteiger partial charge is 0.466 e. The van der Waals surface area contributed by atoms with Crippen LogP contribution in [0.25, 0.3) is 11.2 Å². The number of imidazole rings is 1. The lowest BCUT2D eigenvalue weighted by Gasteiger charge is -2.15. The molecule has 0 spiro atoms. The average Bonchev–Trinajstić information content (AvgIpc) is 3.25. The standard InChI is InChI=1S/C17H14FN5O4/c18-6-10-12(24)13(25)17(27-10)23-8-21-11-14(19-7-20-15(11)23)22-16(26)9-4-2-1-3-5-9/h1-8,12-13,17,24-25H,(H,19,20,22,26)/t12-,13-,17-/m1/s1. The van der Waals surface area contributed by atoms with Crippen molar-refractivity contribution < 1.29 is 24.1 Å². The molecule has 27 heavy (non-hydrogen) atoms. The SMILES string of the molecule is O=C(Nc1ncnc2c1ncn2[C@@H]1OC(=CF)[C@@H](O)[C@H]1O)c1ccccc1. The molecule has 0 unspecified atom stereocenters. The second-order valence-electron chi connectivity index (χ2n) is 5.82. The Morgan fingerprint density at radius 3 is 2.70 bits per heavy atom. The predicted octanol–water partition coefficient (Wildman–Crippen LogP) is 1.14. The van der Waals surface area contributed by atoms with Crippen molar-refractivity contribution in [2.75, 3.05) is 5.32 Å². The van der Waals surface area contributed by atoms with Gasteiger partial charge in [-0.15, -0.1) is 0 Å². The number of benzene rings is 1. The molecule has 1 fully saturated rings. The molecule has 0 aliphatic carbocycles. The van der Waals surface area contributed by atoms with Crippen molar-refractivity contribution >= 4 is 22.9 Å². The van der Waals surface area contributed by atoms with Crippen LogP contribution in [-0.4, -0.2) is 47.8 Å². The number of fused-ring (bicyclic) bond motifs is 1. The van der Waals surface area contributed by atoms with E-state index in [0.717, 1.165) is 0 Å². The van der Waals surface area contributed by atoms with Gasteiger partial charge in [-0.25, -0.2) is 19.3 Å². The molecule has 3 atom stereocenters. The maximum atomic E-state index is 12.8. The summed E-state index contributed by atoms with van der Waals surface area (Å²) in [6.07, 6.45) is -1.43. The first-order valence-electron chi connectivity index (χ1n) is 7.97. The first-order valence-corrected chi connectivity index (χ1v) is 7.97. The van der Waals surface area contributed by atoms with E-state index in [2.05, 4.69) is 20.3 Å². The van der Waals surface area contributed by atoms with Crippen molar-refractivity contribution in [2.45, 2.75) is 18.4 Å². The van der Waals surface area contributed by atoms with E-state index in [1.54, 1.807) is 30.3 Å². The van der Waals surface area contributed by atoms with Gasteiger partial charge in [0.25, 0.3) is 5.91 Å². The van der Waals surface area contributed by atoms with Crippen LogP contribution in [0.2, 0.25) is 0 Å². The Bertz CT molecular complexity index is 1020. The number of rotatable bonds is 3. The van der Waals surface area contributed by atoms with E-state index in [1.165, 1.54) is 17.2 Å². The Balaban J connectivity index is 1.67. The molecule has 138 valence electrons. The molecule has 0 saturated carbocycles. The molecule has 3 heterocycles. The molecule has 0 radical (unpaired) electrons. The smallest absolute Gasteiger partial charge is 0.256 e. The fourth-order valence-corrected chi connectivity index (χ4v) is 2.81. The van der Waals surface area contributed by atoms with E-state index in [9.17, 15) is 19.4 Å². The zero-order valence-electron chi connectivity index (χ0n) is 13.7. The van der Waals surface area contributed by atoms with Gasteiger partial charge in [0, 0.05) is 5.56 Å². The summed E-state index contributed by atoms with van der Waals surface area (Å²) in [5.41, 5.74) is 0.938. The van der Waals surface area contributed by atoms with Gasteiger partial charge >= 0.3 is 0 Å². The van der Waals surface area contributed by atoms with Crippen molar-refractivity contribution in [3.05, 3.63) is 60.6 Å². The number of anilines is 1. The number of halogens is 1. The van der Waals surface area contributed by atoms with Gasteiger partial charge in [0.1, 0.15) is 31.2 Å². The minimum absolute atomic E-state index is 0.0908. The summed E-state index contributed by atoms with van der Waals surface area (Å²) in [7, 11) is 0. The molecule has 9 nitrogen and oxygen atoms in total. The Morgan fingerprint density at radius 2 is 2.00 bits per heavy atom. The van der Waals surface area contributed by atoms with Crippen LogP contribution in [0.3, 0.4) is 0 Å². The maximum Gasteiger partial charge on any atom is 0.256 e. The molecule has 1 saturated heterocycles. The van der Waals surface area contributed by atoms with Crippen LogP contribution in [0.1, 0.15) is 16.6 Å². The molecule has 0 bridgehead atoms. The summed E-state index contributed by atoms with van der Waals surface area (Å²) >= 11 is 0. The summed E-state index contributed by atoms with van der Waals surface area (Å²) in [6, 6.07) is 8.57. The zero-order chi connectivity index (χ0) is 19.0. The summed E-state index contributed by atoms with van der Waals surface area (Å²) in [6.45, 7) is 0. The molecule has 2 aromatic heterocycles. The van der Waals surface area contributed by atoms with E-state index in [0.29, 0.717) is 5.56 Å². The highest BCUT2D eigenvalue weighted by atomic mass is 19.1. The number of aromatic nitrogens is 4. The normalized spacial score (nSPS) is 23.5. The van der Waals surface area contributed by atoms with Gasteiger partial charge < -0.3 is 20.3 Å². The van der Waals surface area contributed by atoms with Gasteiger partial charge in [0.2, 0.25) is 6.23 Å². The van der Waals surface area contributed by atoms with Crippen molar-refractivity contribution in [3.63, 3.8) is 0 Å². The molecule has 1 aliphatic heterocycles. The molecule has 1 aliphatic rings. The first-order chi connectivity index (χ1) is 13.1. The number of hydrogen-bond acceptors (Lipinski definition) is 7. The van der Waals surface area contributed by atoms with Crippen LogP contribution >= 0.6 is 0 Å². The van der Waals surface area contributed by atoms with Crippen molar-refractivity contribution in [1.82, 2.24) is 19.5 Å². The number of aliphatic hydroxyl groups excluding tert-OH is 2. The number of carbonyl (C=O) groups excluding carboxylic acids is 1. The van der Waals surface area contributed by atoms with Gasteiger partial charge in [-0.3, -0.25) is 9.36 Å². The highest BCUT2D eigenvalue weighted by Crippen LogP contribution is 2.34. The minimum atomic E-state index is -1.50. The molecule has 4 rings (SSSR count). The van der Waals surface area contributed by atoms with Gasteiger partial charge in [0.05, 0.1) is 0 Å². The van der Waals surface area contributed by atoms with Crippen LogP contribution in [-0.2, 0) is 4.74 Å². The lowest BCUT2D eigenvalue weighted by atomic mass is 10.2. The third-order valence-electron chi connectivity index (χ3n) is 4.17. The lowest BCUT2D eigenvalue weighted by Crippen LogP contribution is -2.27. The number of nitrogens with zero attached hydrogens (tertiary/aromatic N) is 4. The summed E-state index contributed by atoms with van der Waals surface area (Å²) < 4.78 is 19.3. The number of ether oxygens (including phenoxy) is 1. The second kappa shape index (κ2) is 6.74. The maximum absolute atomic E-state index is 12.8. The highest BCUT2D eigenvalue weighted by molar-refractivity contribution is 6.06. The number of hydrogen-bond donors (Lipinski definition) is 3. The second-order valence-corrected chi connectivity index (χ2v) is 5.82. The van der Waals surface area contributed by atoms with Gasteiger partial charge in [0.15, 0.2) is 22.7 Å². The Morgan fingerprint density at radius 1 is 1.22 bits per heavy atom. The Hall–Kier alpha value is -3.37. The predicted molar refractivity (Wildman–Crippen MR) is 91.0 cm³/mol. The van der Waals surface area contributed by atoms with Gasteiger partial charge in [-0.1, -0.05) is 18.2 Å². The highest BCUT2D eigenvalue weighted by Gasteiger charge is 2.42. The summed E-state index contributed by atoms with van der Waals surface area (Å²) in [5, 5.41) is 22.6. The molecular weight excluding hydrogens is 357 g/mol. The number of aliphatic hydroxyl groups is 2. The molecular formula is C17H14FN5O4. The van der Waals surface area contributed by atoms with Crippen molar-refractivity contribution in [1.29, 1.82) is 0 Å². The monoisotopic (exact) mass is 371 g/mol. The molecule has 10 heteroatoms. The number of carbonyl (C=O) groups is 1. The molecule has 1 amide bonds. The molecule has 1 aromatic carbocycles. The molecule has 3 N–H and O–H groups in total. The van der Waals surface area contributed by atoms with E-state index in [4.69, 9.17) is 4.74 Å². The van der Waals surface area contributed by atoms with Crippen LogP contribution in [0.5, 0.6) is 0 Å². The summed E-state index contributed by atoms with van der Waals surface area (Å²) in [5.74, 6) is -0.594. The number of nitrogens with one attached hydrogen (secondary N) is 1. The average molecular weight is 371 g/mol. The summed E-state index contributed by atoms with van der Waals surface area (Å²) in [4.78, 5) is 24.6. The van der Waals surface area contributed by atoms with Crippen LogP contribution < -0.4 is 5.32 Å². The van der Waals surface area contributed by atoms with Crippen LogP contribution in [0, 0.1) is 0 Å². The van der Waals surface area contributed by atoms with E-state index in [1.807, 2.05) is 0 Å². The Kier molecular flexibility index (Phi) is 4.26. The van der Waals surface area contributed by atoms with Crippen molar-refractivity contribution in [3.8, 4) is 0 Å². The Labute approximate surface area is 151 Å². The van der Waals surface area contributed by atoms with E-state index in [-0.39, 0.29) is 35.0 Å². The third kappa shape index (κ3) is 2.90. The zero-order valence-corrected chi connectivity index (χ0v) is 13.7. The van der Waals surface area contributed by atoms with Gasteiger partial charge in [-0.05, 0) is 12.1 Å². The van der Waals surface area contributed by atoms with Gasteiger partial charge in [-0.2, -0.15) is 0 Å². The van der Waals surface area contributed by atoms with Crippen LogP contribution in [0.4, 0.5) is 10.2 Å². The molecule has 3 aromatic rings. The lowest BCUT2D eigenvalue weighted by molar-refractivity contribution is -0.0120. The van der Waals surface area contributed by atoms with Crippen LogP contribution in [0.15, 0.2) is 55.1 Å². The quantitative estimate of drug-likeness (QED) is 0.631. The fraction of sp³-hybridized carbons (Fsp3) is 0.176. The number of amides is 1. The minimum Gasteiger partial charge on any atom is -0.466 e. The van der Waals surface area contributed by atoms with E-state index < -0.39 is 18.4 Å². The van der Waals surface area contributed by atoms with E-state index >= 15 is 0 Å². The van der Waals surface area contributed by atoms with Crippen molar-refractivity contribution in [2.24, 2.45) is 0 Å². The first kappa shape index (κ1) is 17.1. The third-order valence-corrected chi connectivity index (χ3v) is 4.17. The fourth-order valence-electron chi connectivity index (χ4n) is 2.81.